The fraction of sp³-hybridized carbons (Fsp3) is 0.154. The Morgan fingerprint density at radius 2 is 2.05 bits per heavy atom. The van der Waals surface area contributed by atoms with Crippen molar-refractivity contribution in [3.63, 3.8) is 0 Å². The van der Waals surface area contributed by atoms with Gasteiger partial charge in [-0.3, -0.25) is 0 Å². The second-order valence-corrected chi connectivity index (χ2v) is 3.87. The number of aromatic carboxylic acids is 1. The van der Waals surface area contributed by atoms with E-state index in [1.54, 1.807) is 13.0 Å². The number of aryl methyl sites for hydroxylation is 1. The van der Waals surface area contributed by atoms with E-state index in [1.165, 1.54) is 25.3 Å². The SMILES string of the molecule is COc1ccc(F)cc1-c1cc(C)nc(C(=O)O)n1. The van der Waals surface area contributed by atoms with Crippen LogP contribution in [-0.4, -0.2) is 28.2 Å². The van der Waals surface area contributed by atoms with Crippen molar-refractivity contribution in [3.05, 3.63) is 41.6 Å². The van der Waals surface area contributed by atoms with Gasteiger partial charge < -0.3 is 9.84 Å². The van der Waals surface area contributed by atoms with Gasteiger partial charge in [-0.25, -0.2) is 19.2 Å². The fourth-order valence-corrected chi connectivity index (χ4v) is 1.68. The van der Waals surface area contributed by atoms with Gasteiger partial charge in [0.05, 0.1) is 12.8 Å². The van der Waals surface area contributed by atoms with E-state index in [0.29, 0.717) is 22.7 Å². The number of benzene rings is 1. The number of rotatable bonds is 3. The first kappa shape index (κ1) is 12.9. The number of carboxylic acid groups (broad SMARTS) is 1. The summed E-state index contributed by atoms with van der Waals surface area (Å²) in [4.78, 5) is 18.6. The third kappa shape index (κ3) is 2.67. The molecule has 0 amide bonds. The minimum atomic E-state index is -1.24. The molecule has 1 N–H and O–H groups in total. The molecule has 2 aromatic rings. The quantitative estimate of drug-likeness (QED) is 0.918. The summed E-state index contributed by atoms with van der Waals surface area (Å²) in [6.45, 7) is 1.64. The van der Waals surface area contributed by atoms with E-state index < -0.39 is 11.8 Å². The molecule has 0 fully saturated rings. The van der Waals surface area contributed by atoms with Crippen LogP contribution in [0.5, 0.6) is 5.75 Å². The highest BCUT2D eigenvalue weighted by atomic mass is 19.1. The van der Waals surface area contributed by atoms with Gasteiger partial charge in [0.1, 0.15) is 11.6 Å². The molecule has 19 heavy (non-hydrogen) atoms. The first-order valence-corrected chi connectivity index (χ1v) is 5.44. The zero-order chi connectivity index (χ0) is 14.0. The molecule has 0 aliphatic heterocycles. The Balaban J connectivity index is 2.64. The molecule has 0 unspecified atom stereocenters. The summed E-state index contributed by atoms with van der Waals surface area (Å²) >= 11 is 0. The maximum Gasteiger partial charge on any atom is 0.373 e. The van der Waals surface area contributed by atoms with Gasteiger partial charge in [-0.05, 0) is 31.2 Å². The number of carboxylic acids is 1. The number of ether oxygens (including phenoxy) is 1. The van der Waals surface area contributed by atoms with E-state index in [1.807, 2.05) is 0 Å². The van der Waals surface area contributed by atoms with Gasteiger partial charge in [0.25, 0.3) is 0 Å². The van der Waals surface area contributed by atoms with Crippen LogP contribution in [0.25, 0.3) is 11.3 Å². The van der Waals surface area contributed by atoms with Gasteiger partial charge in [-0.1, -0.05) is 0 Å². The molecule has 0 saturated heterocycles. The Bertz CT molecular complexity index is 644. The van der Waals surface area contributed by atoms with Crippen LogP contribution in [-0.2, 0) is 0 Å². The fourth-order valence-electron chi connectivity index (χ4n) is 1.68. The number of aromatic nitrogens is 2. The van der Waals surface area contributed by atoms with Crippen molar-refractivity contribution >= 4 is 5.97 Å². The lowest BCUT2D eigenvalue weighted by atomic mass is 10.1. The van der Waals surface area contributed by atoms with Crippen LogP contribution in [0, 0.1) is 12.7 Å². The van der Waals surface area contributed by atoms with Gasteiger partial charge >= 0.3 is 5.97 Å². The topological polar surface area (TPSA) is 72.3 Å². The summed E-state index contributed by atoms with van der Waals surface area (Å²) in [5.74, 6) is -1.61. The molecule has 1 aromatic heterocycles. The van der Waals surface area contributed by atoms with E-state index in [-0.39, 0.29) is 5.82 Å². The summed E-state index contributed by atoms with van der Waals surface area (Å²) < 4.78 is 18.4. The molecule has 0 aliphatic rings. The number of carbonyl (C=O) groups is 1. The van der Waals surface area contributed by atoms with Crippen molar-refractivity contribution in [3.8, 4) is 17.0 Å². The molecule has 0 aliphatic carbocycles. The average molecular weight is 262 g/mol. The molecule has 1 aromatic carbocycles. The van der Waals surface area contributed by atoms with E-state index in [9.17, 15) is 9.18 Å². The van der Waals surface area contributed by atoms with Crippen molar-refractivity contribution in [2.45, 2.75) is 6.92 Å². The van der Waals surface area contributed by atoms with Crippen molar-refractivity contribution in [1.29, 1.82) is 0 Å². The Kier molecular flexibility index (Phi) is 3.41. The minimum Gasteiger partial charge on any atom is -0.496 e. The zero-order valence-corrected chi connectivity index (χ0v) is 10.3. The molecule has 0 radical (unpaired) electrons. The van der Waals surface area contributed by atoms with Crippen molar-refractivity contribution < 1.29 is 19.0 Å². The van der Waals surface area contributed by atoms with Crippen molar-refractivity contribution in [1.82, 2.24) is 9.97 Å². The maximum absolute atomic E-state index is 13.3. The molecule has 0 atom stereocenters. The second kappa shape index (κ2) is 5.01. The smallest absolute Gasteiger partial charge is 0.373 e. The van der Waals surface area contributed by atoms with Gasteiger partial charge in [0.2, 0.25) is 5.82 Å². The summed E-state index contributed by atoms with van der Waals surface area (Å²) in [7, 11) is 1.45. The number of hydrogen-bond donors (Lipinski definition) is 1. The predicted octanol–water partition coefficient (Wildman–Crippen LogP) is 2.30. The lowest BCUT2D eigenvalue weighted by Gasteiger charge is -2.09. The van der Waals surface area contributed by atoms with Crippen LogP contribution in [0.3, 0.4) is 0 Å². The van der Waals surface area contributed by atoms with Crippen LogP contribution >= 0.6 is 0 Å². The molecule has 6 heteroatoms. The predicted molar refractivity (Wildman–Crippen MR) is 65.7 cm³/mol. The third-order valence-electron chi connectivity index (χ3n) is 2.48. The lowest BCUT2D eigenvalue weighted by molar-refractivity contribution is 0.0683. The normalized spacial score (nSPS) is 10.3. The third-order valence-corrected chi connectivity index (χ3v) is 2.48. The number of halogens is 1. The van der Waals surface area contributed by atoms with Crippen molar-refractivity contribution in [2.24, 2.45) is 0 Å². The van der Waals surface area contributed by atoms with Crippen molar-refractivity contribution in [2.75, 3.05) is 7.11 Å². The first-order valence-electron chi connectivity index (χ1n) is 5.44. The molecular weight excluding hydrogens is 251 g/mol. The Hall–Kier alpha value is -2.50. The highest BCUT2D eigenvalue weighted by molar-refractivity contribution is 5.84. The summed E-state index contributed by atoms with van der Waals surface area (Å²) in [6.07, 6.45) is 0. The standard InChI is InChI=1S/C13H11FN2O3/c1-7-5-10(16-12(15-7)13(17)18)9-6-8(14)3-4-11(9)19-2/h3-6H,1-2H3,(H,17,18). The Labute approximate surface area is 108 Å². The van der Waals surface area contributed by atoms with E-state index in [0.717, 1.165) is 0 Å². The molecular formula is C13H11FN2O3. The van der Waals surface area contributed by atoms with E-state index in [4.69, 9.17) is 9.84 Å². The zero-order valence-electron chi connectivity index (χ0n) is 10.3. The van der Waals surface area contributed by atoms with Crippen LogP contribution in [0.4, 0.5) is 4.39 Å². The first-order chi connectivity index (χ1) is 9.01. The summed E-state index contributed by atoms with van der Waals surface area (Å²) in [5, 5.41) is 8.93. The van der Waals surface area contributed by atoms with Crippen LogP contribution < -0.4 is 4.74 Å². The molecule has 0 bridgehead atoms. The van der Waals surface area contributed by atoms with Crippen LogP contribution in [0.15, 0.2) is 24.3 Å². The Morgan fingerprint density at radius 1 is 1.32 bits per heavy atom. The largest absolute Gasteiger partial charge is 0.496 e. The second-order valence-electron chi connectivity index (χ2n) is 3.87. The minimum absolute atomic E-state index is 0.307. The molecule has 1 heterocycles. The highest BCUT2D eigenvalue weighted by Gasteiger charge is 2.14. The lowest BCUT2D eigenvalue weighted by Crippen LogP contribution is -2.06. The summed E-state index contributed by atoms with van der Waals surface area (Å²) in [6, 6.07) is 5.53. The molecule has 0 saturated carbocycles. The van der Waals surface area contributed by atoms with Gasteiger partial charge in [0, 0.05) is 11.3 Å². The number of methoxy groups -OCH3 is 1. The molecule has 2 rings (SSSR count). The Morgan fingerprint density at radius 3 is 2.68 bits per heavy atom. The monoisotopic (exact) mass is 262 g/mol. The van der Waals surface area contributed by atoms with E-state index >= 15 is 0 Å². The maximum atomic E-state index is 13.3. The number of hydrogen-bond acceptors (Lipinski definition) is 4. The molecule has 98 valence electrons. The van der Waals surface area contributed by atoms with Crippen LogP contribution in [0.2, 0.25) is 0 Å². The van der Waals surface area contributed by atoms with Crippen LogP contribution in [0.1, 0.15) is 16.3 Å². The van der Waals surface area contributed by atoms with Gasteiger partial charge in [0.15, 0.2) is 0 Å². The van der Waals surface area contributed by atoms with Gasteiger partial charge in [-0.15, -0.1) is 0 Å². The average Bonchev–Trinajstić information content (AvgIpc) is 2.37. The molecule has 5 nitrogen and oxygen atoms in total. The molecule has 0 spiro atoms. The summed E-state index contributed by atoms with van der Waals surface area (Å²) in [5.41, 5.74) is 1.17. The van der Waals surface area contributed by atoms with E-state index in [2.05, 4.69) is 9.97 Å². The number of nitrogens with zero attached hydrogens (tertiary/aromatic N) is 2. The highest BCUT2D eigenvalue weighted by Crippen LogP contribution is 2.29. The van der Waals surface area contributed by atoms with Gasteiger partial charge in [-0.2, -0.15) is 0 Å².